The molecular formula is C11H11N5O2S. The second-order valence-corrected chi connectivity index (χ2v) is 4.94. The highest BCUT2D eigenvalue weighted by Gasteiger charge is 2.09. The van der Waals surface area contributed by atoms with Crippen molar-refractivity contribution >= 4 is 28.5 Å². The highest BCUT2D eigenvalue weighted by Crippen LogP contribution is 2.23. The number of thioether (sulfide) groups is 1. The third-order valence-electron chi connectivity index (χ3n) is 2.62. The molecule has 8 heteroatoms. The summed E-state index contributed by atoms with van der Waals surface area (Å²) in [6.45, 7) is 0. The lowest BCUT2D eigenvalue weighted by molar-refractivity contribution is 0.555. The van der Waals surface area contributed by atoms with Gasteiger partial charge < -0.3 is 10.2 Å². The van der Waals surface area contributed by atoms with Crippen LogP contribution in [0.1, 0.15) is 5.89 Å². The molecule has 0 unspecified atom stereocenters. The van der Waals surface area contributed by atoms with E-state index in [4.69, 9.17) is 10.2 Å². The average molecular weight is 277 g/mol. The third-order valence-corrected chi connectivity index (χ3v) is 3.63. The van der Waals surface area contributed by atoms with Crippen molar-refractivity contribution in [1.82, 2.24) is 19.7 Å². The molecule has 2 heterocycles. The van der Waals surface area contributed by atoms with Gasteiger partial charge in [0.05, 0.1) is 5.75 Å². The van der Waals surface area contributed by atoms with Gasteiger partial charge in [-0.2, -0.15) is 0 Å². The van der Waals surface area contributed by atoms with Crippen LogP contribution >= 0.6 is 11.8 Å². The molecule has 98 valence electrons. The van der Waals surface area contributed by atoms with Crippen molar-refractivity contribution in [2.75, 3.05) is 5.73 Å². The van der Waals surface area contributed by atoms with Crippen molar-refractivity contribution in [3.63, 3.8) is 0 Å². The van der Waals surface area contributed by atoms with E-state index in [9.17, 15) is 4.79 Å². The second-order valence-electron chi connectivity index (χ2n) is 3.99. The molecule has 3 N–H and O–H groups in total. The van der Waals surface area contributed by atoms with E-state index in [0.29, 0.717) is 28.1 Å². The Morgan fingerprint density at radius 3 is 3.11 bits per heavy atom. The van der Waals surface area contributed by atoms with E-state index in [1.165, 1.54) is 16.3 Å². The Bertz CT molecular complexity index is 788. The van der Waals surface area contributed by atoms with E-state index in [-0.39, 0.29) is 5.69 Å². The number of fused-ring (bicyclic) bond motifs is 1. The summed E-state index contributed by atoms with van der Waals surface area (Å²) in [7, 11) is 1.65. The molecule has 0 aliphatic rings. The van der Waals surface area contributed by atoms with Gasteiger partial charge in [-0.25, -0.2) is 14.9 Å². The smallest absolute Gasteiger partial charge is 0.343 e. The van der Waals surface area contributed by atoms with E-state index in [1.807, 2.05) is 0 Å². The largest absolute Gasteiger partial charge is 0.440 e. The van der Waals surface area contributed by atoms with E-state index < -0.39 is 0 Å². The highest BCUT2D eigenvalue weighted by atomic mass is 32.2. The van der Waals surface area contributed by atoms with Crippen LogP contribution in [0.4, 0.5) is 5.69 Å². The van der Waals surface area contributed by atoms with Gasteiger partial charge in [0, 0.05) is 12.7 Å². The van der Waals surface area contributed by atoms with Gasteiger partial charge in [-0.15, -0.1) is 5.10 Å². The summed E-state index contributed by atoms with van der Waals surface area (Å²) in [5, 5.41) is 6.86. The maximum absolute atomic E-state index is 11.2. The fourth-order valence-corrected chi connectivity index (χ4v) is 2.40. The van der Waals surface area contributed by atoms with Gasteiger partial charge in [0.25, 0.3) is 0 Å². The van der Waals surface area contributed by atoms with E-state index >= 15 is 0 Å². The molecule has 3 aromatic rings. The Morgan fingerprint density at radius 2 is 2.37 bits per heavy atom. The van der Waals surface area contributed by atoms with E-state index in [0.717, 1.165) is 5.52 Å². The summed E-state index contributed by atoms with van der Waals surface area (Å²) in [5.41, 5.74) is 7.51. The van der Waals surface area contributed by atoms with E-state index in [1.54, 1.807) is 25.2 Å². The third kappa shape index (κ3) is 2.22. The molecule has 0 aliphatic carbocycles. The van der Waals surface area contributed by atoms with Crippen LogP contribution in [-0.4, -0.2) is 19.7 Å². The van der Waals surface area contributed by atoms with Gasteiger partial charge >= 0.3 is 5.69 Å². The number of benzene rings is 1. The Hall–Kier alpha value is -2.22. The number of aromatic nitrogens is 4. The Labute approximate surface area is 111 Å². The molecule has 0 spiro atoms. The normalized spacial score (nSPS) is 11.2. The standard InChI is InChI=1S/C11H11N5O2S/c1-16-10(17)14-15-11(16)19-5-9-13-7-4-6(12)2-3-8(7)18-9/h2-4H,5,12H2,1H3,(H,14,17). The maximum atomic E-state index is 11.2. The number of rotatable bonds is 3. The number of nitrogens with zero attached hydrogens (tertiary/aromatic N) is 3. The number of hydrogen-bond donors (Lipinski definition) is 2. The van der Waals surface area contributed by atoms with Crippen LogP contribution in [-0.2, 0) is 12.8 Å². The zero-order chi connectivity index (χ0) is 13.4. The predicted molar refractivity (Wildman–Crippen MR) is 71.8 cm³/mol. The average Bonchev–Trinajstić information content (AvgIpc) is 2.92. The minimum atomic E-state index is -0.243. The van der Waals surface area contributed by atoms with Crippen LogP contribution in [0, 0.1) is 0 Å². The molecule has 0 bridgehead atoms. The van der Waals surface area contributed by atoms with Gasteiger partial charge in [-0.3, -0.25) is 4.57 Å². The molecule has 3 rings (SSSR count). The van der Waals surface area contributed by atoms with Gasteiger partial charge in [0.15, 0.2) is 10.7 Å². The number of aromatic amines is 1. The summed E-state index contributed by atoms with van der Waals surface area (Å²) in [6, 6.07) is 5.31. The molecule has 0 saturated carbocycles. The lowest BCUT2D eigenvalue weighted by atomic mass is 10.3. The number of anilines is 1. The number of hydrogen-bond acceptors (Lipinski definition) is 6. The first kappa shape index (κ1) is 11.8. The number of nitrogens with one attached hydrogen (secondary N) is 1. The summed E-state index contributed by atoms with van der Waals surface area (Å²) < 4.78 is 7.01. The molecule has 0 fully saturated rings. The first-order valence-electron chi connectivity index (χ1n) is 5.52. The summed E-state index contributed by atoms with van der Waals surface area (Å²) >= 11 is 1.37. The molecule has 0 aliphatic heterocycles. The van der Waals surface area contributed by atoms with Crippen LogP contribution in [0.25, 0.3) is 11.1 Å². The van der Waals surface area contributed by atoms with Gasteiger partial charge in [0.2, 0.25) is 5.89 Å². The number of nitrogens with two attached hydrogens (primary N) is 1. The summed E-state index contributed by atoms with van der Waals surface area (Å²) in [5.74, 6) is 1.06. The van der Waals surface area contributed by atoms with Gasteiger partial charge in [-0.05, 0) is 18.2 Å². The Kier molecular flexibility index (Phi) is 2.79. The topological polar surface area (TPSA) is 103 Å². The summed E-state index contributed by atoms with van der Waals surface area (Å²) in [6.07, 6.45) is 0. The van der Waals surface area contributed by atoms with Crippen molar-refractivity contribution < 1.29 is 4.42 Å². The molecule has 0 saturated heterocycles. The minimum absolute atomic E-state index is 0.243. The van der Waals surface area contributed by atoms with Crippen LogP contribution < -0.4 is 11.4 Å². The Morgan fingerprint density at radius 1 is 1.53 bits per heavy atom. The molecule has 0 amide bonds. The zero-order valence-electron chi connectivity index (χ0n) is 10.1. The van der Waals surface area contributed by atoms with Crippen LogP contribution in [0.15, 0.2) is 32.6 Å². The lowest BCUT2D eigenvalue weighted by Crippen LogP contribution is -2.12. The molecule has 0 radical (unpaired) electrons. The summed E-state index contributed by atoms with van der Waals surface area (Å²) in [4.78, 5) is 15.5. The number of nitrogen functional groups attached to an aromatic ring is 1. The minimum Gasteiger partial charge on any atom is -0.440 e. The van der Waals surface area contributed by atoms with Crippen molar-refractivity contribution in [2.24, 2.45) is 7.05 Å². The van der Waals surface area contributed by atoms with Gasteiger partial charge in [-0.1, -0.05) is 11.8 Å². The fourth-order valence-electron chi connectivity index (χ4n) is 1.64. The van der Waals surface area contributed by atoms with Crippen molar-refractivity contribution in [2.45, 2.75) is 10.9 Å². The fraction of sp³-hybridized carbons (Fsp3) is 0.182. The zero-order valence-corrected chi connectivity index (χ0v) is 10.9. The molecule has 19 heavy (non-hydrogen) atoms. The molecule has 0 atom stereocenters. The number of H-pyrrole nitrogens is 1. The molecule has 7 nitrogen and oxygen atoms in total. The van der Waals surface area contributed by atoms with Crippen molar-refractivity contribution in [1.29, 1.82) is 0 Å². The quantitative estimate of drug-likeness (QED) is 0.549. The first-order chi connectivity index (χ1) is 9.13. The van der Waals surface area contributed by atoms with Crippen LogP contribution in [0.3, 0.4) is 0 Å². The highest BCUT2D eigenvalue weighted by molar-refractivity contribution is 7.98. The second kappa shape index (κ2) is 4.47. The first-order valence-corrected chi connectivity index (χ1v) is 6.51. The van der Waals surface area contributed by atoms with Crippen LogP contribution in [0.5, 0.6) is 0 Å². The van der Waals surface area contributed by atoms with Crippen LogP contribution in [0.2, 0.25) is 0 Å². The molecule has 1 aromatic carbocycles. The predicted octanol–water partition coefficient (Wildman–Crippen LogP) is 1.12. The Balaban J connectivity index is 1.82. The van der Waals surface area contributed by atoms with Crippen molar-refractivity contribution in [3.05, 3.63) is 34.6 Å². The lowest BCUT2D eigenvalue weighted by Gasteiger charge is -1.95. The van der Waals surface area contributed by atoms with Gasteiger partial charge in [0.1, 0.15) is 5.52 Å². The van der Waals surface area contributed by atoms with Crippen molar-refractivity contribution in [3.8, 4) is 0 Å². The van der Waals surface area contributed by atoms with E-state index in [2.05, 4.69) is 15.2 Å². The number of oxazole rings is 1. The molecular weight excluding hydrogens is 266 g/mol. The SMILES string of the molecule is Cn1c(SCc2nc3cc(N)ccc3o2)n[nH]c1=O. The monoisotopic (exact) mass is 277 g/mol. The molecule has 2 aromatic heterocycles. The maximum Gasteiger partial charge on any atom is 0.343 e.